The molecular weight excluding hydrogens is 304 g/mol. The van der Waals surface area contributed by atoms with Gasteiger partial charge >= 0.3 is 0 Å². The van der Waals surface area contributed by atoms with Crippen LogP contribution in [0.4, 0.5) is 0 Å². The zero-order chi connectivity index (χ0) is 16.8. The van der Waals surface area contributed by atoms with Crippen LogP contribution in [0.1, 0.15) is 15.9 Å². The fourth-order valence-corrected chi connectivity index (χ4v) is 2.34. The third-order valence-corrected chi connectivity index (χ3v) is 3.58. The van der Waals surface area contributed by atoms with Gasteiger partial charge in [-0.25, -0.2) is 4.98 Å². The minimum absolute atomic E-state index is 0.0257. The van der Waals surface area contributed by atoms with Gasteiger partial charge in [-0.05, 0) is 24.3 Å². The van der Waals surface area contributed by atoms with Crippen LogP contribution in [0.25, 0.3) is 0 Å². The Morgan fingerprint density at radius 3 is 2.46 bits per heavy atom. The van der Waals surface area contributed by atoms with Crippen LogP contribution in [-0.4, -0.2) is 33.2 Å². The Labute approximate surface area is 140 Å². The van der Waals surface area contributed by atoms with Gasteiger partial charge < -0.3 is 14.4 Å². The van der Waals surface area contributed by atoms with Crippen LogP contribution in [0, 0.1) is 0 Å². The maximum atomic E-state index is 12.3. The number of ether oxygens (including phenoxy) is 1. The molecule has 1 N–H and O–H groups in total. The summed E-state index contributed by atoms with van der Waals surface area (Å²) in [7, 11) is 0. The zero-order valence-electron chi connectivity index (χ0n) is 13.1. The summed E-state index contributed by atoms with van der Waals surface area (Å²) in [5.74, 6) is 0.589. The molecule has 0 aliphatic rings. The molecule has 0 unspecified atom stereocenters. The van der Waals surface area contributed by atoms with Gasteiger partial charge in [-0.3, -0.25) is 4.79 Å². The van der Waals surface area contributed by atoms with E-state index in [0.717, 1.165) is 0 Å². The maximum absolute atomic E-state index is 12.3. The lowest BCUT2D eigenvalue weighted by Gasteiger charge is -2.13. The number of ketones is 1. The van der Waals surface area contributed by atoms with Gasteiger partial charge in [-0.1, -0.05) is 30.3 Å². The molecule has 0 bridgehead atoms. The molecule has 2 aromatic carbocycles. The van der Waals surface area contributed by atoms with Crippen LogP contribution in [-0.2, 0) is 6.54 Å². The van der Waals surface area contributed by atoms with Crippen molar-refractivity contribution in [3.63, 3.8) is 0 Å². The number of hydrogen-bond donors (Lipinski definition) is 1. The van der Waals surface area contributed by atoms with Crippen molar-refractivity contribution in [2.24, 2.45) is 0 Å². The lowest BCUT2D eigenvalue weighted by molar-refractivity contribution is 0.0924. The molecule has 0 saturated heterocycles. The van der Waals surface area contributed by atoms with Crippen LogP contribution in [0.15, 0.2) is 73.3 Å². The Hall–Kier alpha value is -2.92. The third kappa shape index (κ3) is 4.08. The molecular formula is C19H18N2O3. The zero-order valence-corrected chi connectivity index (χ0v) is 13.1. The normalized spacial score (nSPS) is 11.9. The number of aliphatic hydroxyl groups is 1. The monoisotopic (exact) mass is 322 g/mol. The number of nitrogens with zero attached hydrogens (tertiary/aromatic N) is 2. The Bertz CT molecular complexity index is 768. The van der Waals surface area contributed by atoms with Crippen LogP contribution >= 0.6 is 0 Å². The molecule has 0 fully saturated rings. The van der Waals surface area contributed by atoms with Crippen LogP contribution < -0.4 is 4.74 Å². The van der Waals surface area contributed by atoms with Crippen molar-refractivity contribution in [3.05, 3.63) is 84.4 Å². The van der Waals surface area contributed by atoms with E-state index in [4.69, 9.17) is 4.74 Å². The summed E-state index contributed by atoms with van der Waals surface area (Å²) in [5.41, 5.74) is 1.26. The Morgan fingerprint density at radius 1 is 1.08 bits per heavy atom. The predicted octanol–water partition coefficient (Wildman–Crippen LogP) is 2.55. The van der Waals surface area contributed by atoms with E-state index in [0.29, 0.717) is 23.4 Å². The SMILES string of the molecule is O=C(c1ccccc1)c1ccc(OC[C@@H](O)Cn2ccnc2)cc1. The second kappa shape index (κ2) is 7.57. The molecule has 0 aliphatic heterocycles. The largest absolute Gasteiger partial charge is 0.491 e. The summed E-state index contributed by atoms with van der Waals surface area (Å²) in [4.78, 5) is 16.2. The number of carbonyl (C=O) groups is 1. The summed E-state index contributed by atoms with van der Waals surface area (Å²) in [6.45, 7) is 0.592. The number of aromatic nitrogens is 2. The quantitative estimate of drug-likeness (QED) is 0.679. The highest BCUT2D eigenvalue weighted by Gasteiger charge is 2.09. The van der Waals surface area contributed by atoms with Crippen LogP contribution in [0.2, 0.25) is 0 Å². The van der Waals surface area contributed by atoms with Gasteiger partial charge in [0.25, 0.3) is 0 Å². The molecule has 0 radical (unpaired) electrons. The summed E-state index contributed by atoms with van der Waals surface area (Å²) in [5, 5.41) is 9.95. The molecule has 3 aromatic rings. The standard InChI is InChI=1S/C19H18N2O3/c22-17(12-21-11-10-20-14-21)13-24-18-8-6-16(7-9-18)19(23)15-4-2-1-3-5-15/h1-11,14,17,22H,12-13H2/t17-/m0/s1. The molecule has 5 nitrogen and oxygen atoms in total. The van der Waals surface area contributed by atoms with E-state index in [1.165, 1.54) is 0 Å². The first-order valence-electron chi connectivity index (χ1n) is 7.69. The highest BCUT2D eigenvalue weighted by Crippen LogP contribution is 2.15. The fraction of sp³-hybridized carbons (Fsp3) is 0.158. The van der Waals surface area contributed by atoms with Crippen LogP contribution in [0.3, 0.4) is 0 Å². The van der Waals surface area contributed by atoms with Crippen molar-refractivity contribution in [3.8, 4) is 5.75 Å². The molecule has 24 heavy (non-hydrogen) atoms. The van der Waals surface area contributed by atoms with Gasteiger partial charge in [0.05, 0.1) is 12.9 Å². The van der Waals surface area contributed by atoms with Gasteiger partial charge in [0.2, 0.25) is 0 Å². The second-order valence-electron chi connectivity index (χ2n) is 5.44. The Balaban J connectivity index is 1.55. The first kappa shape index (κ1) is 16.0. The van der Waals surface area contributed by atoms with Crippen molar-refractivity contribution in [2.75, 3.05) is 6.61 Å². The number of rotatable bonds is 7. The molecule has 1 heterocycles. The predicted molar refractivity (Wildman–Crippen MR) is 90.0 cm³/mol. The van der Waals surface area contributed by atoms with Crippen molar-refractivity contribution in [1.82, 2.24) is 9.55 Å². The number of carbonyl (C=O) groups excluding carboxylic acids is 1. The van der Waals surface area contributed by atoms with E-state index in [-0.39, 0.29) is 12.4 Å². The summed E-state index contributed by atoms with van der Waals surface area (Å²) >= 11 is 0. The average molecular weight is 322 g/mol. The van der Waals surface area contributed by atoms with E-state index in [1.807, 2.05) is 18.2 Å². The smallest absolute Gasteiger partial charge is 0.193 e. The van der Waals surface area contributed by atoms with Gasteiger partial charge in [0, 0.05) is 23.5 Å². The number of aliphatic hydroxyl groups excluding tert-OH is 1. The van der Waals surface area contributed by atoms with Gasteiger partial charge in [0.1, 0.15) is 18.5 Å². The van der Waals surface area contributed by atoms with E-state index in [9.17, 15) is 9.90 Å². The molecule has 1 aromatic heterocycles. The van der Waals surface area contributed by atoms with Gasteiger partial charge in [0.15, 0.2) is 5.78 Å². The van der Waals surface area contributed by atoms with Gasteiger partial charge in [-0.15, -0.1) is 0 Å². The molecule has 0 saturated carbocycles. The average Bonchev–Trinajstić information content (AvgIpc) is 3.13. The molecule has 3 rings (SSSR count). The van der Waals surface area contributed by atoms with Crippen molar-refractivity contribution >= 4 is 5.78 Å². The first-order chi connectivity index (χ1) is 11.7. The highest BCUT2D eigenvalue weighted by atomic mass is 16.5. The summed E-state index contributed by atoms with van der Waals surface area (Å²) in [6, 6.07) is 16.1. The first-order valence-corrected chi connectivity index (χ1v) is 7.69. The Kier molecular flexibility index (Phi) is 5.03. The second-order valence-corrected chi connectivity index (χ2v) is 5.44. The third-order valence-electron chi connectivity index (χ3n) is 3.58. The van der Waals surface area contributed by atoms with Crippen LogP contribution in [0.5, 0.6) is 5.75 Å². The molecule has 0 spiro atoms. The number of imidazole rings is 1. The molecule has 0 amide bonds. The van der Waals surface area contributed by atoms with E-state index < -0.39 is 6.10 Å². The van der Waals surface area contributed by atoms with Crippen molar-refractivity contribution in [2.45, 2.75) is 12.6 Å². The van der Waals surface area contributed by atoms with E-state index in [2.05, 4.69) is 4.98 Å². The highest BCUT2D eigenvalue weighted by molar-refractivity contribution is 6.08. The molecule has 1 atom stereocenters. The summed E-state index contributed by atoms with van der Waals surface area (Å²) in [6.07, 6.45) is 4.46. The topological polar surface area (TPSA) is 64.3 Å². The minimum atomic E-state index is -0.634. The maximum Gasteiger partial charge on any atom is 0.193 e. The molecule has 0 aliphatic carbocycles. The molecule has 5 heteroatoms. The number of benzene rings is 2. The minimum Gasteiger partial charge on any atom is -0.491 e. The van der Waals surface area contributed by atoms with E-state index >= 15 is 0 Å². The number of hydrogen-bond acceptors (Lipinski definition) is 4. The lowest BCUT2D eigenvalue weighted by atomic mass is 10.0. The van der Waals surface area contributed by atoms with Crippen molar-refractivity contribution in [1.29, 1.82) is 0 Å². The molecule has 122 valence electrons. The van der Waals surface area contributed by atoms with Crippen molar-refractivity contribution < 1.29 is 14.6 Å². The Morgan fingerprint density at radius 2 is 1.79 bits per heavy atom. The summed E-state index contributed by atoms with van der Waals surface area (Å²) < 4.78 is 7.35. The lowest BCUT2D eigenvalue weighted by Crippen LogP contribution is -2.23. The van der Waals surface area contributed by atoms with Gasteiger partial charge in [-0.2, -0.15) is 0 Å². The van der Waals surface area contributed by atoms with E-state index in [1.54, 1.807) is 59.7 Å². The fourth-order valence-electron chi connectivity index (χ4n) is 2.34.